The summed E-state index contributed by atoms with van der Waals surface area (Å²) >= 11 is 0. The summed E-state index contributed by atoms with van der Waals surface area (Å²) < 4.78 is 10.7. The van der Waals surface area contributed by atoms with Gasteiger partial charge < -0.3 is 25.2 Å². The second kappa shape index (κ2) is 9.11. The summed E-state index contributed by atoms with van der Waals surface area (Å²) in [5.74, 6) is -1.56. The predicted octanol–water partition coefficient (Wildman–Crippen LogP) is -1.44. The largest absolute Gasteiger partial charge is 0.482 e. The molecule has 2 amide bonds. The summed E-state index contributed by atoms with van der Waals surface area (Å²) in [7, 11) is 0. The van der Waals surface area contributed by atoms with Gasteiger partial charge in [-0.05, 0) is 13.8 Å². The molecule has 2 aliphatic rings. The lowest BCUT2D eigenvalue weighted by molar-refractivity contribution is -0.134. The van der Waals surface area contributed by atoms with Crippen molar-refractivity contribution in [2.75, 3.05) is 46.0 Å². The molecule has 3 N–H and O–H groups in total. The summed E-state index contributed by atoms with van der Waals surface area (Å²) in [6.45, 7) is 6.88. The number of aliphatic hydroxyl groups excluding tert-OH is 1. The maximum absolute atomic E-state index is 12.3. The van der Waals surface area contributed by atoms with Crippen LogP contribution in [0.5, 0.6) is 0 Å². The molecule has 0 aromatic rings. The fourth-order valence-corrected chi connectivity index (χ4v) is 2.80. The van der Waals surface area contributed by atoms with Crippen LogP contribution in [0.1, 0.15) is 20.3 Å². The van der Waals surface area contributed by atoms with Gasteiger partial charge >= 0.3 is 0 Å². The molecule has 0 radical (unpaired) electrons. The summed E-state index contributed by atoms with van der Waals surface area (Å²) in [6, 6.07) is -1.11. The van der Waals surface area contributed by atoms with Crippen molar-refractivity contribution in [3.8, 4) is 0 Å². The fourth-order valence-electron chi connectivity index (χ4n) is 2.80. The van der Waals surface area contributed by atoms with Gasteiger partial charge in [0.15, 0.2) is 11.5 Å². The minimum absolute atomic E-state index is 0.147. The fraction of sp³-hybridized carbons (Fsp3) is 0.706. The van der Waals surface area contributed by atoms with Gasteiger partial charge in [0.05, 0.1) is 19.8 Å². The van der Waals surface area contributed by atoms with Crippen LogP contribution >= 0.6 is 0 Å². The van der Waals surface area contributed by atoms with Crippen LogP contribution in [0.3, 0.4) is 0 Å². The number of rotatable bonds is 7. The Bertz CT molecular complexity index is 569. The first kappa shape index (κ1) is 20.3. The van der Waals surface area contributed by atoms with Crippen LogP contribution in [-0.4, -0.2) is 85.2 Å². The average Bonchev–Trinajstić information content (AvgIpc) is 2.58. The molecule has 0 unspecified atom stereocenters. The summed E-state index contributed by atoms with van der Waals surface area (Å²) in [5, 5.41) is 14.5. The molecule has 2 rings (SSSR count). The zero-order valence-corrected chi connectivity index (χ0v) is 15.2. The minimum atomic E-state index is -1.11. The molecular weight excluding hydrogens is 342 g/mol. The monoisotopic (exact) mass is 369 g/mol. The number of hydrogen-bond donors (Lipinski definition) is 3. The third-order valence-corrected chi connectivity index (χ3v) is 4.14. The number of nitrogens with one attached hydrogen (secondary N) is 2. The Kier molecular flexibility index (Phi) is 7.13. The highest BCUT2D eigenvalue weighted by atomic mass is 16.5. The van der Waals surface area contributed by atoms with Gasteiger partial charge in [-0.25, -0.2) is 0 Å². The van der Waals surface area contributed by atoms with E-state index in [1.54, 1.807) is 13.8 Å². The highest BCUT2D eigenvalue weighted by molar-refractivity contribution is 6.03. The number of hydrogen-bond acceptors (Lipinski definition) is 7. The number of ketones is 1. The molecule has 0 aromatic heterocycles. The van der Waals surface area contributed by atoms with E-state index in [0.29, 0.717) is 26.3 Å². The second-order valence-electron chi connectivity index (χ2n) is 6.97. The smallest absolute Gasteiger partial charge is 0.287 e. The van der Waals surface area contributed by atoms with Crippen molar-refractivity contribution in [2.45, 2.75) is 31.9 Å². The Morgan fingerprint density at radius 3 is 2.65 bits per heavy atom. The van der Waals surface area contributed by atoms with Crippen LogP contribution in [0.2, 0.25) is 0 Å². The van der Waals surface area contributed by atoms with E-state index in [-0.39, 0.29) is 18.0 Å². The van der Waals surface area contributed by atoms with E-state index in [9.17, 15) is 19.5 Å². The first-order valence-corrected chi connectivity index (χ1v) is 8.74. The van der Waals surface area contributed by atoms with Gasteiger partial charge in [0, 0.05) is 38.7 Å². The predicted molar refractivity (Wildman–Crippen MR) is 92.2 cm³/mol. The van der Waals surface area contributed by atoms with Gasteiger partial charge in [-0.2, -0.15) is 0 Å². The van der Waals surface area contributed by atoms with Gasteiger partial charge in [-0.3, -0.25) is 19.3 Å². The van der Waals surface area contributed by atoms with Crippen LogP contribution in [0.15, 0.2) is 11.8 Å². The van der Waals surface area contributed by atoms with Crippen molar-refractivity contribution in [3.05, 3.63) is 11.8 Å². The van der Waals surface area contributed by atoms with Crippen LogP contribution < -0.4 is 10.6 Å². The zero-order chi connectivity index (χ0) is 19.2. The van der Waals surface area contributed by atoms with Crippen LogP contribution in [0.25, 0.3) is 0 Å². The Morgan fingerprint density at radius 1 is 1.35 bits per heavy atom. The lowest BCUT2D eigenvalue weighted by atomic mass is 9.98. The first-order valence-electron chi connectivity index (χ1n) is 8.74. The molecule has 1 fully saturated rings. The van der Waals surface area contributed by atoms with Crippen LogP contribution in [-0.2, 0) is 23.9 Å². The molecule has 9 nitrogen and oxygen atoms in total. The Labute approximate surface area is 152 Å². The van der Waals surface area contributed by atoms with Crippen molar-refractivity contribution < 1.29 is 29.0 Å². The normalized spacial score (nSPS) is 21.3. The summed E-state index contributed by atoms with van der Waals surface area (Å²) in [6.07, 6.45) is 1.29. The van der Waals surface area contributed by atoms with Gasteiger partial charge in [-0.1, -0.05) is 0 Å². The van der Waals surface area contributed by atoms with E-state index < -0.39 is 30.1 Å². The summed E-state index contributed by atoms with van der Waals surface area (Å²) in [4.78, 5) is 38.3. The van der Waals surface area contributed by atoms with E-state index in [1.807, 2.05) is 0 Å². The SMILES string of the molecule is CC1(C)CC(=O)C=C(C(=O)N[C@@H](CO)C(=O)NCCN2CCOCC2)O1. The van der Waals surface area contributed by atoms with E-state index >= 15 is 0 Å². The van der Waals surface area contributed by atoms with E-state index in [2.05, 4.69) is 15.5 Å². The number of morpholine rings is 1. The molecule has 1 atom stereocenters. The van der Waals surface area contributed by atoms with Gasteiger partial charge in [-0.15, -0.1) is 0 Å². The molecule has 0 aromatic carbocycles. The maximum Gasteiger partial charge on any atom is 0.287 e. The highest BCUT2D eigenvalue weighted by Crippen LogP contribution is 2.24. The molecule has 2 heterocycles. The standard InChI is InChI=1S/C17H27N3O6/c1-17(2)10-12(22)9-14(26-17)16(24)19-13(11-21)15(23)18-3-4-20-5-7-25-8-6-20/h9,13,21H,3-8,10-11H2,1-2H3,(H,18,23)(H,19,24)/t13-/m0/s1. The molecule has 1 saturated heterocycles. The van der Waals surface area contributed by atoms with Crippen LogP contribution in [0, 0.1) is 0 Å². The van der Waals surface area contributed by atoms with Gasteiger partial charge in [0.1, 0.15) is 11.6 Å². The first-order chi connectivity index (χ1) is 12.3. The second-order valence-corrected chi connectivity index (χ2v) is 6.97. The topological polar surface area (TPSA) is 117 Å². The number of carbonyl (C=O) groups is 3. The van der Waals surface area contributed by atoms with Gasteiger partial charge in [0.25, 0.3) is 5.91 Å². The Morgan fingerprint density at radius 2 is 2.04 bits per heavy atom. The molecule has 146 valence electrons. The molecule has 26 heavy (non-hydrogen) atoms. The number of aliphatic hydroxyl groups is 1. The molecule has 0 aliphatic carbocycles. The van der Waals surface area contributed by atoms with E-state index in [4.69, 9.17) is 9.47 Å². The minimum Gasteiger partial charge on any atom is -0.482 e. The van der Waals surface area contributed by atoms with E-state index in [1.165, 1.54) is 0 Å². The number of carbonyl (C=O) groups excluding carboxylic acids is 3. The third-order valence-electron chi connectivity index (χ3n) is 4.14. The van der Waals surface area contributed by atoms with Crippen molar-refractivity contribution in [3.63, 3.8) is 0 Å². The summed E-state index contributed by atoms with van der Waals surface area (Å²) in [5.41, 5.74) is -0.784. The van der Waals surface area contributed by atoms with Gasteiger partial charge in [0.2, 0.25) is 5.91 Å². The van der Waals surface area contributed by atoms with Crippen LogP contribution in [0.4, 0.5) is 0 Å². The molecule has 0 spiro atoms. The van der Waals surface area contributed by atoms with Crippen molar-refractivity contribution in [1.29, 1.82) is 0 Å². The zero-order valence-electron chi connectivity index (χ0n) is 15.2. The lowest BCUT2D eigenvalue weighted by Crippen LogP contribution is -2.51. The maximum atomic E-state index is 12.3. The highest BCUT2D eigenvalue weighted by Gasteiger charge is 2.33. The molecule has 9 heteroatoms. The van der Waals surface area contributed by atoms with Crippen molar-refractivity contribution in [1.82, 2.24) is 15.5 Å². The third kappa shape index (κ3) is 6.08. The van der Waals surface area contributed by atoms with E-state index in [0.717, 1.165) is 19.2 Å². The number of ether oxygens (including phenoxy) is 2. The Balaban J connectivity index is 1.82. The number of amides is 2. The molecular formula is C17H27N3O6. The molecule has 0 bridgehead atoms. The van der Waals surface area contributed by atoms with Crippen molar-refractivity contribution in [2.24, 2.45) is 0 Å². The molecule has 2 aliphatic heterocycles. The lowest BCUT2D eigenvalue weighted by Gasteiger charge is -2.30. The number of nitrogens with zero attached hydrogens (tertiary/aromatic N) is 1. The molecule has 0 saturated carbocycles. The van der Waals surface area contributed by atoms with Crippen molar-refractivity contribution >= 4 is 17.6 Å². The average molecular weight is 369 g/mol. The Hall–Kier alpha value is -1.97. The quantitative estimate of drug-likeness (QED) is 0.503. The number of allylic oxidation sites excluding steroid dienone is 1.